The zero-order chi connectivity index (χ0) is 10.7. The lowest BCUT2D eigenvalue weighted by Crippen LogP contribution is -2.16. The molecule has 78 valence electrons. The van der Waals surface area contributed by atoms with E-state index in [0.29, 0.717) is 12.3 Å². The van der Waals surface area contributed by atoms with E-state index < -0.39 is 0 Å². The highest BCUT2D eigenvalue weighted by atomic mass is 16.1. The third-order valence-electron chi connectivity index (χ3n) is 1.97. The second kappa shape index (κ2) is 4.26. The molecule has 1 heterocycles. The Balaban J connectivity index is 2.64. The first-order valence-corrected chi connectivity index (χ1v) is 4.79. The van der Waals surface area contributed by atoms with E-state index in [9.17, 15) is 4.79 Å². The molecule has 0 unspecified atom stereocenters. The quantitative estimate of drug-likeness (QED) is 0.798. The first-order chi connectivity index (χ1) is 6.50. The lowest BCUT2D eigenvalue weighted by Gasteiger charge is -2.08. The fraction of sp³-hybridized carbons (Fsp3) is 0.600. The lowest BCUT2D eigenvalue weighted by atomic mass is 10.1. The van der Waals surface area contributed by atoms with Crippen LogP contribution in [0.15, 0.2) is 6.20 Å². The molecular weight excluding hydrogens is 178 g/mol. The topological polar surface area (TPSA) is 46.9 Å². The van der Waals surface area contributed by atoms with E-state index in [4.69, 9.17) is 0 Å². The number of aryl methyl sites for hydroxylation is 2. The van der Waals surface area contributed by atoms with E-state index in [0.717, 1.165) is 11.4 Å². The van der Waals surface area contributed by atoms with Gasteiger partial charge in [0.1, 0.15) is 5.82 Å². The number of carbonyl (C=O) groups is 1. The highest BCUT2D eigenvalue weighted by Gasteiger charge is 2.09. The Labute approximate surface area is 84.3 Å². The van der Waals surface area contributed by atoms with Crippen LogP contribution in [-0.4, -0.2) is 15.7 Å². The molecule has 1 rings (SSSR count). The summed E-state index contributed by atoms with van der Waals surface area (Å²) in [5.74, 6) is 1.21. The summed E-state index contributed by atoms with van der Waals surface area (Å²) in [5.41, 5.74) is 0.990. The Bertz CT molecular complexity index is 309. The third-order valence-corrected chi connectivity index (χ3v) is 1.97. The standard InChI is InChI=1S/C10H17N3O/c1-7(2)5-9(14)12-10-8(3)6-11-13(10)4/h6-7H,5H2,1-4H3,(H,12,14). The van der Waals surface area contributed by atoms with Crippen molar-refractivity contribution in [2.24, 2.45) is 13.0 Å². The molecule has 0 aliphatic rings. The van der Waals surface area contributed by atoms with Crippen LogP contribution in [0.2, 0.25) is 0 Å². The van der Waals surface area contributed by atoms with Gasteiger partial charge < -0.3 is 5.32 Å². The van der Waals surface area contributed by atoms with Crippen molar-refractivity contribution in [3.8, 4) is 0 Å². The number of hydrogen-bond donors (Lipinski definition) is 1. The Kier molecular flexibility index (Phi) is 3.28. The number of hydrogen-bond acceptors (Lipinski definition) is 2. The first-order valence-electron chi connectivity index (χ1n) is 4.79. The Morgan fingerprint density at radius 2 is 2.29 bits per heavy atom. The molecule has 0 aliphatic heterocycles. The monoisotopic (exact) mass is 195 g/mol. The highest BCUT2D eigenvalue weighted by Crippen LogP contribution is 2.13. The molecule has 0 radical (unpaired) electrons. The second-order valence-corrected chi connectivity index (χ2v) is 3.95. The minimum atomic E-state index is 0.0479. The maximum Gasteiger partial charge on any atom is 0.225 e. The number of carbonyl (C=O) groups excluding carboxylic acids is 1. The van der Waals surface area contributed by atoms with Gasteiger partial charge in [-0.1, -0.05) is 13.8 Å². The molecule has 0 saturated carbocycles. The van der Waals surface area contributed by atoms with Crippen LogP contribution in [0, 0.1) is 12.8 Å². The molecule has 14 heavy (non-hydrogen) atoms. The number of nitrogens with zero attached hydrogens (tertiary/aromatic N) is 2. The summed E-state index contributed by atoms with van der Waals surface area (Å²) in [6, 6.07) is 0. The lowest BCUT2D eigenvalue weighted by molar-refractivity contribution is -0.116. The normalized spacial score (nSPS) is 10.6. The average Bonchev–Trinajstić information content (AvgIpc) is 2.34. The Morgan fingerprint density at radius 1 is 1.64 bits per heavy atom. The number of nitrogens with one attached hydrogen (secondary N) is 1. The van der Waals surface area contributed by atoms with Gasteiger partial charge in [-0.3, -0.25) is 9.48 Å². The van der Waals surface area contributed by atoms with E-state index in [2.05, 4.69) is 10.4 Å². The fourth-order valence-electron chi connectivity index (χ4n) is 1.28. The number of aromatic nitrogens is 2. The molecule has 1 amide bonds. The largest absolute Gasteiger partial charge is 0.311 e. The van der Waals surface area contributed by atoms with E-state index in [1.807, 2.05) is 27.8 Å². The van der Waals surface area contributed by atoms with Gasteiger partial charge in [0, 0.05) is 19.0 Å². The van der Waals surface area contributed by atoms with E-state index in [1.54, 1.807) is 10.9 Å². The van der Waals surface area contributed by atoms with E-state index in [-0.39, 0.29) is 5.91 Å². The molecule has 0 aliphatic carbocycles. The molecule has 1 aromatic rings. The molecule has 0 bridgehead atoms. The van der Waals surface area contributed by atoms with Crippen molar-refractivity contribution >= 4 is 11.7 Å². The Hall–Kier alpha value is -1.32. The predicted octanol–water partition coefficient (Wildman–Crippen LogP) is 1.71. The highest BCUT2D eigenvalue weighted by molar-refractivity contribution is 5.90. The van der Waals surface area contributed by atoms with Gasteiger partial charge in [0.05, 0.1) is 6.20 Å². The summed E-state index contributed by atoms with van der Waals surface area (Å²) in [5, 5.41) is 6.90. The number of amides is 1. The van der Waals surface area contributed by atoms with Crippen LogP contribution in [0.4, 0.5) is 5.82 Å². The summed E-state index contributed by atoms with van der Waals surface area (Å²) in [4.78, 5) is 11.5. The van der Waals surface area contributed by atoms with Crippen LogP contribution in [0.5, 0.6) is 0 Å². The molecule has 1 N–H and O–H groups in total. The first kappa shape index (κ1) is 10.8. The van der Waals surface area contributed by atoms with Crippen molar-refractivity contribution < 1.29 is 4.79 Å². The van der Waals surface area contributed by atoms with Gasteiger partial charge in [-0.25, -0.2) is 0 Å². The minimum absolute atomic E-state index is 0.0479. The average molecular weight is 195 g/mol. The van der Waals surface area contributed by atoms with Crippen LogP contribution in [0.1, 0.15) is 25.8 Å². The molecule has 0 aromatic carbocycles. The van der Waals surface area contributed by atoms with E-state index >= 15 is 0 Å². The van der Waals surface area contributed by atoms with Gasteiger partial charge in [-0.05, 0) is 12.8 Å². The van der Waals surface area contributed by atoms with Crippen LogP contribution in [0.25, 0.3) is 0 Å². The summed E-state index contributed by atoms with van der Waals surface area (Å²) >= 11 is 0. The third kappa shape index (κ3) is 2.58. The van der Waals surface area contributed by atoms with E-state index in [1.165, 1.54) is 0 Å². The summed E-state index contributed by atoms with van der Waals surface area (Å²) < 4.78 is 1.67. The maximum atomic E-state index is 11.5. The molecule has 4 heteroatoms. The van der Waals surface area contributed by atoms with Crippen molar-refractivity contribution in [1.29, 1.82) is 0 Å². The molecule has 4 nitrogen and oxygen atoms in total. The molecule has 1 aromatic heterocycles. The van der Waals surface area contributed by atoms with Crippen molar-refractivity contribution in [2.75, 3.05) is 5.32 Å². The molecule has 0 spiro atoms. The maximum absolute atomic E-state index is 11.5. The molecule has 0 atom stereocenters. The van der Waals surface area contributed by atoms with Crippen molar-refractivity contribution in [3.05, 3.63) is 11.8 Å². The van der Waals surface area contributed by atoms with Crippen LogP contribution in [0.3, 0.4) is 0 Å². The van der Waals surface area contributed by atoms with Gasteiger partial charge in [0.25, 0.3) is 0 Å². The van der Waals surface area contributed by atoms with Crippen molar-refractivity contribution in [2.45, 2.75) is 27.2 Å². The smallest absolute Gasteiger partial charge is 0.225 e. The van der Waals surface area contributed by atoms with Gasteiger partial charge in [-0.2, -0.15) is 5.10 Å². The second-order valence-electron chi connectivity index (χ2n) is 3.95. The van der Waals surface area contributed by atoms with Gasteiger partial charge in [0.15, 0.2) is 0 Å². The van der Waals surface area contributed by atoms with Gasteiger partial charge >= 0.3 is 0 Å². The van der Waals surface area contributed by atoms with Crippen molar-refractivity contribution in [3.63, 3.8) is 0 Å². The van der Waals surface area contributed by atoms with Crippen LogP contribution >= 0.6 is 0 Å². The molecular formula is C10H17N3O. The SMILES string of the molecule is Cc1cnn(C)c1NC(=O)CC(C)C. The predicted molar refractivity (Wildman–Crippen MR) is 56.0 cm³/mol. The summed E-state index contributed by atoms with van der Waals surface area (Å²) in [6.07, 6.45) is 2.29. The van der Waals surface area contributed by atoms with Gasteiger partial charge in [0.2, 0.25) is 5.91 Å². The van der Waals surface area contributed by atoms with Crippen LogP contribution < -0.4 is 5.32 Å². The summed E-state index contributed by atoms with van der Waals surface area (Å²) in [6.45, 7) is 5.98. The van der Waals surface area contributed by atoms with Crippen LogP contribution in [-0.2, 0) is 11.8 Å². The minimum Gasteiger partial charge on any atom is -0.311 e. The number of anilines is 1. The molecule has 0 fully saturated rings. The fourth-order valence-corrected chi connectivity index (χ4v) is 1.28. The number of rotatable bonds is 3. The Morgan fingerprint density at radius 3 is 2.71 bits per heavy atom. The zero-order valence-electron chi connectivity index (χ0n) is 9.16. The van der Waals surface area contributed by atoms with Crippen molar-refractivity contribution in [1.82, 2.24) is 9.78 Å². The molecule has 0 saturated heterocycles. The zero-order valence-corrected chi connectivity index (χ0v) is 9.16. The van der Waals surface area contributed by atoms with Gasteiger partial charge in [-0.15, -0.1) is 0 Å². The summed E-state index contributed by atoms with van der Waals surface area (Å²) in [7, 11) is 1.82.